The number of nitrogens with two attached hydrogens (primary N) is 1. The second-order valence-corrected chi connectivity index (χ2v) is 7.98. The molecule has 1 saturated carbocycles. The van der Waals surface area contributed by atoms with Gasteiger partial charge in [0.05, 0.1) is 5.56 Å². The molecule has 1 atom stereocenters. The molecule has 7 nitrogen and oxygen atoms in total. The molecule has 1 aromatic rings. The van der Waals surface area contributed by atoms with E-state index in [2.05, 4.69) is 5.32 Å². The van der Waals surface area contributed by atoms with Crippen LogP contribution in [-0.4, -0.2) is 48.1 Å². The van der Waals surface area contributed by atoms with Crippen molar-refractivity contribution in [1.29, 1.82) is 0 Å². The number of carboxylic acids is 1. The Labute approximate surface area is 165 Å². The number of carbonyl (C=O) groups excluding carboxylic acids is 1. The molecule has 1 fully saturated rings. The first-order valence-electron chi connectivity index (χ1n) is 10.1. The molecule has 3 rings (SSSR count). The van der Waals surface area contributed by atoms with Crippen LogP contribution >= 0.6 is 0 Å². The number of ketones is 1. The highest BCUT2D eigenvalue weighted by Crippen LogP contribution is 2.37. The van der Waals surface area contributed by atoms with E-state index < -0.39 is 13.1 Å². The lowest BCUT2D eigenvalue weighted by Crippen LogP contribution is -2.37. The summed E-state index contributed by atoms with van der Waals surface area (Å²) in [5.41, 5.74) is 6.30. The Kier molecular flexibility index (Phi) is 7.10. The lowest BCUT2D eigenvalue weighted by Gasteiger charge is -2.30. The van der Waals surface area contributed by atoms with Gasteiger partial charge in [0.25, 0.3) is 0 Å². The topological polar surface area (TPSA) is 122 Å². The molecular weight excluding hydrogens is 359 g/mol. The van der Waals surface area contributed by atoms with E-state index in [9.17, 15) is 19.7 Å². The number of nitrogens with one attached hydrogen (secondary N) is 1. The van der Waals surface area contributed by atoms with Gasteiger partial charge in [-0.2, -0.15) is 0 Å². The quantitative estimate of drug-likeness (QED) is 0.499. The molecule has 1 aliphatic heterocycles. The molecule has 1 unspecified atom stereocenters. The van der Waals surface area contributed by atoms with Gasteiger partial charge >= 0.3 is 13.1 Å². The Balaban J connectivity index is 1.51. The predicted molar refractivity (Wildman–Crippen MR) is 107 cm³/mol. The fraction of sp³-hybridized carbons (Fsp3) is 0.600. The fourth-order valence-electron chi connectivity index (χ4n) is 4.38. The molecule has 1 heterocycles. The van der Waals surface area contributed by atoms with Gasteiger partial charge in [-0.05, 0) is 49.7 Å². The average molecular weight is 388 g/mol. The van der Waals surface area contributed by atoms with E-state index >= 15 is 0 Å². The van der Waals surface area contributed by atoms with Gasteiger partial charge in [0.2, 0.25) is 0 Å². The molecule has 0 saturated heterocycles. The van der Waals surface area contributed by atoms with E-state index in [1.165, 1.54) is 6.07 Å². The minimum absolute atomic E-state index is 0.0429. The molecular formula is C20H29BN2O5. The van der Waals surface area contributed by atoms with Crippen LogP contribution in [0.1, 0.15) is 54.4 Å². The van der Waals surface area contributed by atoms with Gasteiger partial charge in [0.1, 0.15) is 11.5 Å². The lowest BCUT2D eigenvalue weighted by molar-refractivity contribution is -0.120. The summed E-state index contributed by atoms with van der Waals surface area (Å²) < 4.78 is 5.48. The number of carbonyl (C=O) groups is 2. The summed E-state index contributed by atoms with van der Waals surface area (Å²) in [5, 5.41) is 23.0. The molecule has 0 amide bonds. The van der Waals surface area contributed by atoms with Gasteiger partial charge in [0, 0.05) is 37.8 Å². The van der Waals surface area contributed by atoms with E-state index in [4.69, 9.17) is 10.4 Å². The summed E-state index contributed by atoms with van der Waals surface area (Å²) >= 11 is 0. The molecule has 5 N–H and O–H groups in total. The molecule has 0 aromatic heterocycles. The van der Waals surface area contributed by atoms with Gasteiger partial charge in [0.15, 0.2) is 0 Å². The van der Waals surface area contributed by atoms with Crippen LogP contribution in [0, 0.1) is 5.92 Å². The van der Waals surface area contributed by atoms with E-state index in [0.717, 1.165) is 37.8 Å². The molecule has 0 radical (unpaired) electrons. The van der Waals surface area contributed by atoms with Crippen LogP contribution in [0.25, 0.3) is 0 Å². The molecule has 2 aliphatic rings. The number of carboxylic acid groups (broad SMARTS) is 1. The molecule has 152 valence electrons. The van der Waals surface area contributed by atoms with Gasteiger partial charge in [-0.25, -0.2) is 4.79 Å². The molecule has 1 aliphatic carbocycles. The van der Waals surface area contributed by atoms with Crippen molar-refractivity contribution >= 4 is 18.9 Å². The Morgan fingerprint density at radius 3 is 2.64 bits per heavy atom. The smallest absolute Gasteiger partial charge is 0.526 e. The number of para-hydroxylation sites is 1. The van der Waals surface area contributed by atoms with Gasteiger partial charge < -0.3 is 25.8 Å². The Morgan fingerprint density at radius 1 is 1.21 bits per heavy atom. The van der Waals surface area contributed by atoms with Crippen molar-refractivity contribution in [2.45, 2.75) is 56.8 Å². The molecule has 8 heteroatoms. The average Bonchev–Trinajstić information content (AvgIpc) is 2.67. The third-order valence-electron chi connectivity index (χ3n) is 5.88. The minimum atomic E-state index is -1.16. The summed E-state index contributed by atoms with van der Waals surface area (Å²) in [5.74, 6) is -0.670. The highest BCUT2D eigenvalue weighted by atomic mass is 16.5. The third kappa shape index (κ3) is 5.13. The van der Waals surface area contributed by atoms with Crippen LogP contribution in [0.5, 0.6) is 5.75 Å². The number of hydrogen-bond donors (Lipinski definition) is 4. The zero-order valence-corrected chi connectivity index (χ0v) is 16.1. The maximum Gasteiger partial charge on any atom is 0.526 e. The monoisotopic (exact) mass is 388 g/mol. The van der Waals surface area contributed by atoms with Crippen molar-refractivity contribution in [3.05, 3.63) is 29.3 Å². The second-order valence-electron chi connectivity index (χ2n) is 7.98. The van der Waals surface area contributed by atoms with Crippen LogP contribution in [0.3, 0.4) is 0 Å². The third-order valence-corrected chi connectivity index (χ3v) is 5.88. The Morgan fingerprint density at radius 2 is 1.96 bits per heavy atom. The van der Waals surface area contributed by atoms with Gasteiger partial charge in [-0.3, -0.25) is 4.79 Å². The van der Waals surface area contributed by atoms with E-state index in [1.807, 2.05) is 0 Å². The highest BCUT2D eigenvalue weighted by molar-refractivity contribution is 6.47. The highest BCUT2D eigenvalue weighted by Gasteiger charge is 2.38. The summed E-state index contributed by atoms with van der Waals surface area (Å²) in [6.07, 6.45) is 5.43. The van der Waals surface area contributed by atoms with Gasteiger partial charge in [-0.1, -0.05) is 12.1 Å². The number of hydrogen-bond acceptors (Lipinski definition) is 6. The van der Waals surface area contributed by atoms with Crippen LogP contribution in [0.2, 0.25) is 5.82 Å². The van der Waals surface area contributed by atoms with Crippen molar-refractivity contribution in [2.24, 2.45) is 11.7 Å². The van der Waals surface area contributed by atoms with Crippen molar-refractivity contribution in [2.75, 3.05) is 13.1 Å². The first-order valence-corrected chi connectivity index (χ1v) is 10.1. The molecule has 28 heavy (non-hydrogen) atoms. The maximum absolute atomic E-state index is 12.6. The van der Waals surface area contributed by atoms with Crippen molar-refractivity contribution in [1.82, 2.24) is 5.32 Å². The summed E-state index contributed by atoms with van der Waals surface area (Å²) in [6.45, 7) is 1.47. The Bertz CT molecular complexity index is 706. The number of Topliss-reactive ketones (excluding diaryl/α,β-unsaturated/α-hetero) is 1. The lowest BCUT2D eigenvalue weighted by atomic mass is 9.64. The normalized spacial score (nSPS) is 24.4. The standard InChI is InChI=1S/C20H29BN2O5/c22-8-9-23-16-6-4-13(5-7-16)10-17(24)12-15-11-14-2-1-3-18(20(25)26)19(14)28-21(15)27/h1-3,13,15-16,23,27H,4-12,22H2,(H,25,26). The fourth-order valence-corrected chi connectivity index (χ4v) is 4.38. The van der Waals surface area contributed by atoms with Crippen LogP contribution in [0.15, 0.2) is 18.2 Å². The summed E-state index contributed by atoms with van der Waals surface area (Å²) in [4.78, 5) is 23.9. The molecule has 1 aromatic carbocycles. The molecule has 0 bridgehead atoms. The predicted octanol–water partition coefficient (Wildman–Crippen LogP) is 1.63. The van der Waals surface area contributed by atoms with Gasteiger partial charge in [-0.15, -0.1) is 0 Å². The maximum atomic E-state index is 12.6. The zero-order chi connectivity index (χ0) is 20.1. The van der Waals surface area contributed by atoms with Crippen molar-refractivity contribution in [3.63, 3.8) is 0 Å². The number of rotatable bonds is 8. The van der Waals surface area contributed by atoms with E-state index in [1.54, 1.807) is 12.1 Å². The second kappa shape index (κ2) is 9.54. The van der Waals surface area contributed by atoms with Crippen LogP contribution in [-0.2, 0) is 11.2 Å². The van der Waals surface area contributed by atoms with Crippen molar-refractivity contribution < 1.29 is 24.4 Å². The summed E-state index contributed by atoms with van der Waals surface area (Å²) in [7, 11) is -1.16. The van der Waals surface area contributed by atoms with Crippen LogP contribution < -0.4 is 15.7 Å². The van der Waals surface area contributed by atoms with E-state index in [0.29, 0.717) is 31.3 Å². The zero-order valence-electron chi connectivity index (χ0n) is 16.1. The Hall–Kier alpha value is -1.90. The van der Waals surface area contributed by atoms with Crippen molar-refractivity contribution in [3.8, 4) is 5.75 Å². The first kappa shape index (κ1) is 20.8. The molecule has 0 spiro atoms. The van der Waals surface area contributed by atoms with E-state index in [-0.39, 0.29) is 29.3 Å². The SMILES string of the molecule is NCCNC1CCC(CC(=O)CC2Cc3cccc(C(=O)O)c3OB2O)CC1. The largest absolute Gasteiger partial charge is 0.535 e. The minimum Gasteiger partial charge on any atom is -0.535 e. The number of aromatic carboxylic acids is 1. The number of fused-ring (bicyclic) bond motifs is 1. The summed E-state index contributed by atoms with van der Waals surface area (Å²) in [6, 6.07) is 5.42. The van der Waals surface area contributed by atoms with Crippen LogP contribution in [0.4, 0.5) is 0 Å². The number of benzene rings is 1. The first-order chi connectivity index (χ1) is 13.5.